The van der Waals surface area contributed by atoms with Crippen molar-refractivity contribution in [2.75, 3.05) is 0 Å². The van der Waals surface area contributed by atoms with Gasteiger partial charge < -0.3 is 4.74 Å². The highest BCUT2D eigenvalue weighted by Gasteiger charge is 2.70. The molecular formula is C34H54O2. The standard InChI is InChI=1S/C34H54O2/c1-10-11-28(35)36-27-16-18-32(7)25(30(27,4)5)15-19-34(9)26(32)13-12-24-29-23(22(2)3)14-17-31(29,6)20-21-33(24,34)8/h10-11,23-27,29H,2,12-21H2,1,3-9H3/b11-10+/t23-,24+,25-,26+,27-,29+,31+,32-,33+,34+/m0/s1. The molecule has 0 spiro atoms. The number of hydrogen-bond donors (Lipinski definition) is 0. The van der Waals surface area contributed by atoms with Gasteiger partial charge in [-0.05, 0) is 129 Å². The zero-order valence-corrected chi connectivity index (χ0v) is 24.7. The SMILES string of the molecule is C=C(C)[C@@H]1CC[C@]2(C)CC[C@]3(C)[C@H](CC[C@@H]4[C@@]5(C)CC[C@H](OC(=O)/C=C/C)C(C)(C)[C@@H]5CC[C@]43C)[C@@H]12. The topological polar surface area (TPSA) is 26.3 Å². The molecule has 0 aliphatic heterocycles. The number of carbonyl (C=O) groups excluding carboxylic acids is 1. The highest BCUT2D eigenvalue weighted by atomic mass is 16.5. The van der Waals surface area contributed by atoms with Crippen LogP contribution in [0.3, 0.4) is 0 Å². The van der Waals surface area contributed by atoms with Gasteiger partial charge in [0.05, 0.1) is 0 Å². The maximum atomic E-state index is 12.4. The van der Waals surface area contributed by atoms with Crippen molar-refractivity contribution >= 4 is 5.97 Å². The van der Waals surface area contributed by atoms with E-state index in [0.717, 1.165) is 30.1 Å². The van der Waals surface area contributed by atoms with Gasteiger partial charge >= 0.3 is 5.97 Å². The highest BCUT2D eigenvalue weighted by molar-refractivity contribution is 5.82. The number of allylic oxidation sites excluding steroid dienone is 2. The summed E-state index contributed by atoms with van der Waals surface area (Å²) in [6.45, 7) is 24.2. The normalized spacial score (nSPS) is 51.6. The predicted molar refractivity (Wildman–Crippen MR) is 149 cm³/mol. The Hall–Kier alpha value is -1.05. The zero-order chi connectivity index (χ0) is 26.3. The Bertz CT molecular complexity index is 945. The average molecular weight is 495 g/mol. The van der Waals surface area contributed by atoms with Crippen molar-refractivity contribution in [1.29, 1.82) is 0 Å². The third-order valence-electron chi connectivity index (χ3n) is 14.0. The van der Waals surface area contributed by atoms with Crippen LogP contribution >= 0.6 is 0 Å². The molecule has 5 aliphatic rings. The van der Waals surface area contributed by atoms with Crippen LogP contribution in [0.2, 0.25) is 0 Å². The monoisotopic (exact) mass is 494 g/mol. The number of esters is 1. The fraction of sp³-hybridized carbons (Fsp3) is 0.853. The van der Waals surface area contributed by atoms with Crippen molar-refractivity contribution < 1.29 is 9.53 Å². The molecular weight excluding hydrogens is 440 g/mol. The van der Waals surface area contributed by atoms with Crippen LogP contribution < -0.4 is 0 Å². The van der Waals surface area contributed by atoms with E-state index in [1.807, 2.05) is 6.92 Å². The predicted octanol–water partition coefficient (Wildman–Crippen LogP) is 9.15. The van der Waals surface area contributed by atoms with Crippen LogP contribution in [0, 0.1) is 56.7 Å². The van der Waals surface area contributed by atoms with E-state index in [1.54, 1.807) is 12.2 Å². The minimum Gasteiger partial charge on any atom is -0.459 e. The molecule has 2 heteroatoms. The summed E-state index contributed by atoms with van der Waals surface area (Å²) >= 11 is 0. The van der Waals surface area contributed by atoms with E-state index in [-0.39, 0.29) is 17.5 Å². The molecule has 5 fully saturated rings. The Labute approximate surface area is 222 Å². The molecule has 0 unspecified atom stereocenters. The van der Waals surface area contributed by atoms with Gasteiger partial charge in [0, 0.05) is 11.5 Å². The van der Waals surface area contributed by atoms with Crippen molar-refractivity contribution in [3.05, 3.63) is 24.3 Å². The molecule has 0 radical (unpaired) electrons. The fourth-order valence-corrected chi connectivity index (χ4v) is 12.0. The first-order chi connectivity index (χ1) is 16.7. The van der Waals surface area contributed by atoms with Gasteiger partial charge in [0.2, 0.25) is 0 Å². The molecule has 5 saturated carbocycles. The van der Waals surface area contributed by atoms with Crippen LogP contribution in [0.15, 0.2) is 24.3 Å². The van der Waals surface area contributed by atoms with Crippen molar-refractivity contribution in [3.63, 3.8) is 0 Å². The van der Waals surface area contributed by atoms with Crippen molar-refractivity contribution in [1.82, 2.24) is 0 Å². The minimum atomic E-state index is -0.165. The van der Waals surface area contributed by atoms with Gasteiger partial charge in [-0.25, -0.2) is 4.79 Å². The van der Waals surface area contributed by atoms with Gasteiger partial charge in [0.25, 0.3) is 0 Å². The van der Waals surface area contributed by atoms with E-state index in [4.69, 9.17) is 4.74 Å². The summed E-state index contributed by atoms with van der Waals surface area (Å²) in [5, 5.41) is 0. The lowest BCUT2D eigenvalue weighted by molar-refractivity contribution is -0.248. The van der Waals surface area contributed by atoms with Gasteiger partial charge in [0.1, 0.15) is 6.10 Å². The quantitative estimate of drug-likeness (QED) is 0.222. The average Bonchev–Trinajstić information content (AvgIpc) is 3.14. The molecule has 2 nitrogen and oxygen atoms in total. The molecule has 0 aromatic heterocycles. The van der Waals surface area contributed by atoms with Gasteiger partial charge in [-0.15, -0.1) is 0 Å². The highest BCUT2D eigenvalue weighted by Crippen LogP contribution is 2.77. The first-order valence-corrected chi connectivity index (χ1v) is 15.2. The minimum absolute atomic E-state index is 0.0188. The lowest BCUT2D eigenvalue weighted by Crippen LogP contribution is -2.66. The van der Waals surface area contributed by atoms with E-state index in [9.17, 15) is 4.79 Å². The largest absolute Gasteiger partial charge is 0.459 e. The Morgan fingerprint density at radius 2 is 1.56 bits per heavy atom. The molecule has 5 aliphatic carbocycles. The molecule has 202 valence electrons. The van der Waals surface area contributed by atoms with Gasteiger partial charge in [0.15, 0.2) is 0 Å². The summed E-state index contributed by atoms with van der Waals surface area (Å²) in [6, 6.07) is 0. The second-order valence-electron chi connectivity index (χ2n) is 15.6. The lowest BCUT2D eigenvalue weighted by atomic mass is 9.32. The summed E-state index contributed by atoms with van der Waals surface area (Å²) in [4.78, 5) is 12.4. The third kappa shape index (κ3) is 3.44. The number of rotatable bonds is 3. The van der Waals surface area contributed by atoms with E-state index >= 15 is 0 Å². The first kappa shape index (κ1) is 26.6. The maximum absolute atomic E-state index is 12.4. The molecule has 0 aromatic rings. The molecule has 10 atom stereocenters. The van der Waals surface area contributed by atoms with E-state index in [1.165, 1.54) is 63.4 Å². The summed E-state index contributed by atoms with van der Waals surface area (Å²) < 4.78 is 6.07. The second-order valence-corrected chi connectivity index (χ2v) is 15.6. The fourth-order valence-electron chi connectivity index (χ4n) is 12.0. The van der Waals surface area contributed by atoms with E-state index in [2.05, 4.69) is 55.0 Å². The lowest BCUT2D eigenvalue weighted by Gasteiger charge is -2.73. The summed E-state index contributed by atoms with van der Waals surface area (Å²) in [5.74, 6) is 3.62. The maximum Gasteiger partial charge on any atom is 0.330 e. The Morgan fingerprint density at radius 1 is 0.833 bits per heavy atom. The number of fused-ring (bicyclic) bond motifs is 7. The Kier molecular flexibility index (Phi) is 6.25. The molecule has 5 rings (SSSR count). The van der Waals surface area contributed by atoms with E-state index in [0.29, 0.717) is 27.6 Å². The second kappa shape index (κ2) is 8.47. The molecule has 0 heterocycles. The number of ether oxygens (including phenoxy) is 1. The van der Waals surface area contributed by atoms with Gasteiger partial charge in [-0.2, -0.15) is 0 Å². The smallest absolute Gasteiger partial charge is 0.330 e. The molecule has 36 heavy (non-hydrogen) atoms. The van der Waals surface area contributed by atoms with Crippen LogP contribution in [-0.4, -0.2) is 12.1 Å². The van der Waals surface area contributed by atoms with Crippen LogP contribution in [0.4, 0.5) is 0 Å². The summed E-state index contributed by atoms with van der Waals surface area (Å²) in [5.41, 5.74) is 3.14. The zero-order valence-electron chi connectivity index (χ0n) is 24.7. The molecule has 0 aromatic carbocycles. The Morgan fingerprint density at radius 3 is 2.22 bits per heavy atom. The van der Waals surface area contributed by atoms with Crippen molar-refractivity contribution in [2.45, 2.75) is 126 Å². The summed E-state index contributed by atoms with van der Waals surface area (Å²) in [7, 11) is 0. The molecule has 0 amide bonds. The van der Waals surface area contributed by atoms with Crippen LogP contribution in [0.5, 0.6) is 0 Å². The Balaban J connectivity index is 1.47. The summed E-state index contributed by atoms with van der Waals surface area (Å²) in [6.07, 6.45) is 16.6. The van der Waals surface area contributed by atoms with Crippen LogP contribution in [-0.2, 0) is 9.53 Å². The van der Waals surface area contributed by atoms with Crippen molar-refractivity contribution in [3.8, 4) is 0 Å². The molecule has 0 N–H and O–H groups in total. The van der Waals surface area contributed by atoms with Gasteiger partial charge in [-0.1, -0.05) is 59.8 Å². The van der Waals surface area contributed by atoms with E-state index < -0.39 is 0 Å². The number of carbonyl (C=O) groups is 1. The van der Waals surface area contributed by atoms with Crippen LogP contribution in [0.25, 0.3) is 0 Å². The van der Waals surface area contributed by atoms with Crippen LogP contribution in [0.1, 0.15) is 120 Å². The van der Waals surface area contributed by atoms with Crippen molar-refractivity contribution in [2.24, 2.45) is 56.7 Å². The molecule has 0 bridgehead atoms. The first-order valence-electron chi connectivity index (χ1n) is 15.2. The van der Waals surface area contributed by atoms with Gasteiger partial charge in [-0.3, -0.25) is 0 Å². The number of hydrogen-bond acceptors (Lipinski definition) is 2. The molecule has 0 saturated heterocycles. The third-order valence-corrected chi connectivity index (χ3v) is 14.0.